The Morgan fingerprint density at radius 3 is 2.65 bits per heavy atom. The standard InChI is InChI=1S/C20H20BrN3OS/c21-20-6-5-19(26-20)13-23-15-1-3-17(4-2-15)25-18-9-12-24(14-18)16-7-10-22-11-8-16/h1-8,10-11,18,23H,9,12-14H2. The van der Waals surface area contributed by atoms with Crippen LogP contribution in [0, 0.1) is 0 Å². The van der Waals surface area contributed by atoms with Crippen LogP contribution in [0.4, 0.5) is 11.4 Å². The Morgan fingerprint density at radius 2 is 1.92 bits per heavy atom. The maximum Gasteiger partial charge on any atom is 0.119 e. The Labute approximate surface area is 166 Å². The number of nitrogens with zero attached hydrogens (tertiary/aromatic N) is 2. The van der Waals surface area contributed by atoms with Crippen LogP contribution in [0.15, 0.2) is 64.7 Å². The first-order valence-electron chi connectivity index (χ1n) is 8.66. The van der Waals surface area contributed by atoms with Gasteiger partial charge in [-0.25, -0.2) is 0 Å². The van der Waals surface area contributed by atoms with Gasteiger partial charge in [0.15, 0.2) is 0 Å². The molecule has 0 bridgehead atoms. The fraction of sp³-hybridized carbons (Fsp3) is 0.250. The number of nitrogens with one attached hydrogen (secondary N) is 1. The van der Waals surface area contributed by atoms with Crippen molar-refractivity contribution in [2.45, 2.75) is 19.1 Å². The molecule has 0 radical (unpaired) electrons. The predicted molar refractivity (Wildman–Crippen MR) is 111 cm³/mol. The normalized spacial score (nSPS) is 16.7. The van der Waals surface area contributed by atoms with E-state index in [1.54, 1.807) is 11.3 Å². The van der Waals surface area contributed by atoms with Crippen molar-refractivity contribution in [2.75, 3.05) is 23.3 Å². The molecule has 134 valence electrons. The summed E-state index contributed by atoms with van der Waals surface area (Å²) in [6.07, 6.45) is 4.94. The summed E-state index contributed by atoms with van der Waals surface area (Å²) in [7, 11) is 0. The highest BCUT2D eigenvalue weighted by Gasteiger charge is 2.24. The minimum atomic E-state index is 0.227. The van der Waals surface area contributed by atoms with E-state index >= 15 is 0 Å². The molecular weight excluding hydrogens is 410 g/mol. The zero-order valence-corrected chi connectivity index (χ0v) is 16.7. The van der Waals surface area contributed by atoms with E-state index in [1.807, 2.05) is 24.5 Å². The highest BCUT2D eigenvalue weighted by molar-refractivity contribution is 9.11. The highest BCUT2D eigenvalue weighted by Crippen LogP contribution is 2.25. The molecule has 1 fully saturated rings. The molecule has 1 aliphatic rings. The van der Waals surface area contributed by atoms with Crippen LogP contribution in [0.5, 0.6) is 5.75 Å². The van der Waals surface area contributed by atoms with Gasteiger partial charge < -0.3 is 15.0 Å². The second-order valence-corrected chi connectivity index (χ2v) is 8.81. The van der Waals surface area contributed by atoms with Crippen LogP contribution in [0.2, 0.25) is 0 Å². The first-order chi connectivity index (χ1) is 12.8. The lowest BCUT2D eigenvalue weighted by Crippen LogP contribution is -2.24. The monoisotopic (exact) mass is 429 g/mol. The van der Waals surface area contributed by atoms with E-state index in [0.29, 0.717) is 0 Å². The molecule has 26 heavy (non-hydrogen) atoms. The van der Waals surface area contributed by atoms with Crippen molar-refractivity contribution >= 4 is 38.6 Å². The van der Waals surface area contributed by atoms with Gasteiger partial charge in [-0.3, -0.25) is 4.98 Å². The minimum Gasteiger partial charge on any atom is -0.489 e. The molecule has 4 rings (SSSR count). The van der Waals surface area contributed by atoms with E-state index in [4.69, 9.17) is 4.74 Å². The van der Waals surface area contributed by atoms with Gasteiger partial charge in [0, 0.05) is 48.2 Å². The number of aromatic nitrogens is 1. The van der Waals surface area contributed by atoms with Gasteiger partial charge in [0.25, 0.3) is 0 Å². The van der Waals surface area contributed by atoms with Crippen LogP contribution in [0.1, 0.15) is 11.3 Å². The third-order valence-electron chi connectivity index (χ3n) is 4.43. The van der Waals surface area contributed by atoms with Crippen LogP contribution in [0.3, 0.4) is 0 Å². The Morgan fingerprint density at radius 1 is 1.12 bits per heavy atom. The second kappa shape index (κ2) is 8.10. The third-order valence-corrected chi connectivity index (χ3v) is 6.05. The summed E-state index contributed by atoms with van der Waals surface area (Å²) in [5.74, 6) is 0.927. The van der Waals surface area contributed by atoms with Gasteiger partial charge in [0.05, 0.1) is 10.3 Å². The zero-order chi connectivity index (χ0) is 17.8. The average molecular weight is 430 g/mol. The summed E-state index contributed by atoms with van der Waals surface area (Å²) in [5.41, 5.74) is 2.32. The largest absolute Gasteiger partial charge is 0.489 e. The fourth-order valence-corrected chi connectivity index (χ4v) is 4.52. The van der Waals surface area contributed by atoms with Gasteiger partial charge in [-0.05, 0) is 64.5 Å². The van der Waals surface area contributed by atoms with Crippen LogP contribution in [-0.4, -0.2) is 24.2 Å². The van der Waals surface area contributed by atoms with Gasteiger partial charge in [0.1, 0.15) is 11.9 Å². The molecule has 6 heteroatoms. The quantitative estimate of drug-likeness (QED) is 0.585. The Balaban J connectivity index is 1.29. The predicted octanol–water partition coefficient (Wildman–Crippen LogP) is 5.18. The van der Waals surface area contributed by atoms with Crippen molar-refractivity contribution in [2.24, 2.45) is 0 Å². The number of ether oxygens (including phenoxy) is 1. The average Bonchev–Trinajstić information content (AvgIpc) is 3.31. The molecule has 1 aliphatic heterocycles. The van der Waals surface area contributed by atoms with E-state index in [0.717, 1.165) is 41.3 Å². The lowest BCUT2D eigenvalue weighted by Gasteiger charge is -2.19. The van der Waals surface area contributed by atoms with Gasteiger partial charge in [0.2, 0.25) is 0 Å². The molecule has 4 nitrogen and oxygen atoms in total. The third kappa shape index (κ3) is 4.37. The number of anilines is 2. The van der Waals surface area contributed by atoms with Crippen LogP contribution >= 0.6 is 27.3 Å². The highest BCUT2D eigenvalue weighted by atomic mass is 79.9. The topological polar surface area (TPSA) is 37.4 Å². The lowest BCUT2D eigenvalue weighted by atomic mass is 10.2. The maximum atomic E-state index is 6.16. The smallest absolute Gasteiger partial charge is 0.119 e. The first-order valence-corrected chi connectivity index (χ1v) is 10.3. The lowest BCUT2D eigenvalue weighted by molar-refractivity contribution is 0.225. The first kappa shape index (κ1) is 17.4. The minimum absolute atomic E-state index is 0.227. The molecule has 3 aromatic rings. The van der Waals surface area contributed by atoms with E-state index in [2.05, 4.69) is 67.5 Å². The number of benzene rings is 1. The summed E-state index contributed by atoms with van der Waals surface area (Å²) in [6.45, 7) is 2.77. The molecule has 0 amide bonds. The molecule has 0 spiro atoms. The molecule has 0 saturated carbocycles. The SMILES string of the molecule is Brc1ccc(CNc2ccc(OC3CCN(c4ccncc4)C3)cc2)s1. The molecule has 1 atom stereocenters. The van der Waals surface area contributed by atoms with E-state index in [-0.39, 0.29) is 6.10 Å². The van der Waals surface area contributed by atoms with Crippen molar-refractivity contribution in [1.29, 1.82) is 0 Å². The summed E-state index contributed by atoms with van der Waals surface area (Å²) in [5, 5.41) is 3.44. The van der Waals surface area contributed by atoms with Gasteiger partial charge in [-0.2, -0.15) is 0 Å². The van der Waals surface area contributed by atoms with E-state index < -0.39 is 0 Å². The van der Waals surface area contributed by atoms with Crippen molar-refractivity contribution < 1.29 is 4.74 Å². The molecule has 1 unspecified atom stereocenters. The molecular formula is C20H20BrN3OS. The molecule has 1 aromatic carbocycles. The van der Waals surface area contributed by atoms with Crippen molar-refractivity contribution in [3.8, 4) is 5.75 Å². The Bertz CT molecular complexity index is 838. The van der Waals surface area contributed by atoms with Crippen LogP contribution in [-0.2, 0) is 6.54 Å². The van der Waals surface area contributed by atoms with Crippen LogP contribution < -0.4 is 15.0 Å². The van der Waals surface area contributed by atoms with E-state index in [9.17, 15) is 0 Å². The molecule has 2 aromatic heterocycles. The van der Waals surface area contributed by atoms with Gasteiger partial charge >= 0.3 is 0 Å². The number of thiophene rings is 1. The Kier molecular flexibility index (Phi) is 5.41. The summed E-state index contributed by atoms with van der Waals surface area (Å²) in [6, 6.07) is 16.6. The maximum absolute atomic E-state index is 6.16. The van der Waals surface area contributed by atoms with E-state index in [1.165, 1.54) is 10.6 Å². The Hall–Kier alpha value is -2.05. The molecule has 3 heterocycles. The summed E-state index contributed by atoms with van der Waals surface area (Å²) < 4.78 is 7.32. The zero-order valence-electron chi connectivity index (χ0n) is 14.3. The van der Waals surface area contributed by atoms with Gasteiger partial charge in [-0.15, -0.1) is 11.3 Å². The van der Waals surface area contributed by atoms with Crippen molar-refractivity contribution in [3.05, 3.63) is 69.6 Å². The molecule has 0 aliphatic carbocycles. The molecule has 1 saturated heterocycles. The number of hydrogen-bond donors (Lipinski definition) is 1. The van der Waals surface area contributed by atoms with Crippen molar-refractivity contribution in [3.63, 3.8) is 0 Å². The summed E-state index contributed by atoms with van der Waals surface area (Å²) >= 11 is 5.25. The number of pyridine rings is 1. The summed E-state index contributed by atoms with van der Waals surface area (Å²) in [4.78, 5) is 7.74. The number of hydrogen-bond acceptors (Lipinski definition) is 5. The van der Waals surface area contributed by atoms with Crippen molar-refractivity contribution in [1.82, 2.24) is 4.98 Å². The van der Waals surface area contributed by atoms with Gasteiger partial charge in [-0.1, -0.05) is 0 Å². The molecule has 1 N–H and O–H groups in total. The van der Waals surface area contributed by atoms with Crippen LogP contribution in [0.25, 0.3) is 0 Å². The number of halogens is 1. The fourth-order valence-electron chi connectivity index (χ4n) is 3.09. The second-order valence-electron chi connectivity index (χ2n) is 6.26. The number of rotatable bonds is 6.